The number of benzene rings is 1. The normalized spacial score (nSPS) is 15.5. The van der Waals surface area contributed by atoms with Gasteiger partial charge in [-0.25, -0.2) is 18.2 Å². The van der Waals surface area contributed by atoms with E-state index in [0.29, 0.717) is 24.2 Å². The Labute approximate surface area is 167 Å². The van der Waals surface area contributed by atoms with Crippen molar-refractivity contribution in [2.45, 2.75) is 38.3 Å². The molecule has 1 aromatic carbocycles. The Morgan fingerprint density at radius 1 is 1.39 bits per heavy atom. The van der Waals surface area contributed by atoms with E-state index in [-0.39, 0.29) is 34.2 Å². The number of nitrogens with one attached hydrogen (secondary N) is 1. The SMILES string of the molecule is CS(=O)(=O)CCCCn1c(C(NC(=O)O)C2CC2)nc2cccc(Cl)c2c1=O. The molecule has 0 aliphatic heterocycles. The topological polar surface area (TPSA) is 118 Å². The summed E-state index contributed by atoms with van der Waals surface area (Å²) in [7, 11) is -3.09. The number of amides is 1. The Balaban J connectivity index is 2.04. The monoisotopic (exact) mass is 427 g/mol. The first-order valence-corrected chi connectivity index (χ1v) is 11.5. The summed E-state index contributed by atoms with van der Waals surface area (Å²) in [6.45, 7) is 0.238. The van der Waals surface area contributed by atoms with E-state index in [1.165, 1.54) is 10.8 Å². The van der Waals surface area contributed by atoms with Gasteiger partial charge < -0.3 is 10.4 Å². The molecule has 1 saturated carbocycles. The molecule has 8 nitrogen and oxygen atoms in total. The number of aromatic nitrogens is 2. The molecule has 1 aromatic heterocycles. The first kappa shape index (κ1) is 20.6. The summed E-state index contributed by atoms with van der Waals surface area (Å²) in [6.07, 6.45) is 2.53. The standard InChI is InChI=1S/C18H22ClN3O5S/c1-28(26,27)10-3-2-9-22-16(15(11-7-8-11)21-18(24)25)20-13-6-4-5-12(19)14(13)17(22)23/h4-6,11,15,21H,2-3,7-10H2,1H3,(H,24,25). The van der Waals surface area contributed by atoms with Gasteiger partial charge in [-0.2, -0.15) is 0 Å². The number of carbonyl (C=O) groups is 1. The zero-order chi connectivity index (χ0) is 20.5. The average Bonchev–Trinajstić information content (AvgIpc) is 3.41. The fourth-order valence-electron chi connectivity index (χ4n) is 3.28. The number of halogens is 1. The van der Waals surface area contributed by atoms with Crippen LogP contribution in [0.2, 0.25) is 5.02 Å². The molecule has 1 atom stereocenters. The number of sulfone groups is 1. The van der Waals surface area contributed by atoms with Gasteiger partial charge in [0.05, 0.1) is 22.0 Å². The average molecular weight is 428 g/mol. The minimum Gasteiger partial charge on any atom is -0.465 e. The lowest BCUT2D eigenvalue weighted by Gasteiger charge is -2.21. The van der Waals surface area contributed by atoms with E-state index in [4.69, 9.17) is 11.6 Å². The zero-order valence-corrected chi connectivity index (χ0v) is 17.0. The van der Waals surface area contributed by atoms with Crippen molar-refractivity contribution in [1.29, 1.82) is 0 Å². The summed E-state index contributed by atoms with van der Waals surface area (Å²) in [5.41, 5.74) is 0.0699. The Morgan fingerprint density at radius 2 is 2.11 bits per heavy atom. The van der Waals surface area contributed by atoms with Crippen LogP contribution in [0.1, 0.15) is 37.5 Å². The van der Waals surface area contributed by atoms with Gasteiger partial charge in [0, 0.05) is 18.6 Å². The summed E-state index contributed by atoms with van der Waals surface area (Å²) in [5, 5.41) is 12.3. The quantitative estimate of drug-likeness (QED) is 0.625. The van der Waals surface area contributed by atoms with E-state index >= 15 is 0 Å². The largest absolute Gasteiger partial charge is 0.465 e. The molecule has 0 bridgehead atoms. The lowest BCUT2D eigenvalue weighted by molar-refractivity contribution is 0.187. The predicted octanol–water partition coefficient (Wildman–Crippen LogP) is 2.59. The third-order valence-corrected chi connectivity index (χ3v) is 6.10. The molecular formula is C18H22ClN3O5S. The molecule has 1 aliphatic carbocycles. The van der Waals surface area contributed by atoms with E-state index in [2.05, 4.69) is 10.3 Å². The Kier molecular flexibility index (Phi) is 5.95. The molecule has 0 spiro atoms. The molecule has 0 radical (unpaired) electrons. The van der Waals surface area contributed by atoms with Crippen molar-refractivity contribution in [2.75, 3.05) is 12.0 Å². The molecule has 152 valence electrons. The van der Waals surface area contributed by atoms with E-state index in [0.717, 1.165) is 12.8 Å². The highest BCUT2D eigenvalue weighted by Crippen LogP contribution is 2.40. The van der Waals surface area contributed by atoms with E-state index in [1.807, 2.05) is 0 Å². The molecule has 2 aromatic rings. The Morgan fingerprint density at radius 3 is 2.71 bits per heavy atom. The highest BCUT2D eigenvalue weighted by molar-refractivity contribution is 7.90. The third-order valence-electron chi connectivity index (χ3n) is 4.76. The second-order valence-corrected chi connectivity index (χ2v) is 9.83. The van der Waals surface area contributed by atoms with Gasteiger partial charge in [0.15, 0.2) is 0 Å². The van der Waals surface area contributed by atoms with Crippen LogP contribution >= 0.6 is 11.6 Å². The van der Waals surface area contributed by atoms with Crippen LogP contribution in [-0.4, -0.2) is 41.2 Å². The van der Waals surface area contributed by atoms with Gasteiger partial charge in [-0.15, -0.1) is 0 Å². The summed E-state index contributed by atoms with van der Waals surface area (Å²) >= 11 is 6.20. The molecule has 1 aliphatic rings. The zero-order valence-electron chi connectivity index (χ0n) is 15.4. The minimum atomic E-state index is -3.09. The molecule has 2 N–H and O–H groups in total. The second kappa shape index (κ2) is 8.08. The van der Waals surface area contributed by atoms with Crippen molar-refractivity contribution in [3.63, 3.8) is 0 Å². The van der Waals surface area contributed by atoms with Crippen LogP contribution < -0.4 is 10.9 Å². The van der Waals surface area contributed by atoms with Crippen LogP contribution in [0, 0.1) is 5.92 Å². The number of unbranched alkanes of at least 4 members (excludes halogenated alkanes) is 1. The van der Waals surface area contributed by atoms with Crippen molar-refractivity contribution in [3.05, 3.63) is 39.4 Å². The van der Waals surface area contributed by atoms with Gasteiger partial charge in [0.2, 0.25) is 0 Å². The molecule has 1 unspecified atom stereocenters. The van der Waals surface area contributed by atoms with Crippen molar-refractivity contribution < 1.29 is 18.3 Å². The van der Waals surface area contributed by atoms with Crippen molar-refractivity contribution in [1.82, 2.24) is 14.9 Å². The third kappa shape index (κ3) is 4.82. The van der Waals surface area contributed by atoms with E-state index < -0.39 is 22.0 Å². The maximum absolute atomic E-state index is 13.1. The maximum atomic E-state index is 13.1. The van der Waals surface area contributed by atoms with Crippen molar-refractivity contribution in [3.8, 4) is 0 Å². The van der Waals surface area contributed by atoms with Crippen molar-refractivity contribution >= 4 is 38.4 Å². The first-order chi connectivity index (χ1) is 13.2. The minimum absolute atomic E-state index is 0.0261. The van der Waals surface area contributed by atoms with Crippen LogP contribution in [0.4, 0.5) is 4.79 Å². The van der Waals surface area contributed by atoms with E-state index in [9.17, 15) is 23.1 Å². The highest BCUT2D eigenvalue weighted by Gasteiger charge is 2.36. The van der Waals surface area contributed by atoms with E-state index in [1.54, 1.807) is 18.2 Å². The summed E-state index contributed by atoms with van der Waals surface area (Å²) in [6, 6.07) is 4.37. The van der Waals surface area contributed by atoms with Gasteiger partial charge in [0.1, 0.15) is 15.7 Å². The number of rotatable bonds is 8. The Hall–Kier alpha value is -2.13. The Bertz CT molecular complexity index is 1060. The van der Waals surface area contributed by atoms with Crippen LogP contribution in [-0.2, 0) is 16.4 Å². The fourth-order valence-corrected chi connectivity index (χ4v) is 4.26. The van der Waals surface area contributed by atoms with Crippen LogP contribution in [0.3, 0.4) is 0 Å². The van der Waals surface area contributed by atoms with Crippen LogP contribution in [0.5, 0.6) is 0 Å². The van der Waals surface area contributed by atoms with Gasteiger partial charge in [-0.05, 0) is 43.7 Å². The summed E-state index contributed by atoms with van der Waals surface area (Å²) < 4.78 is 24.1. The second-order valence-electron chi connectivity index (χ2n) is 7.16. The number of fused-ring (bicyclic) bond motifs is 1. The summed E-state index contributed by atoms with van der Waals surface area (Å²) in [5.74, 6) is 0.462. The molecule has 1 amide bonds. The lowest BCUT2D eigenvalue weighted by atomic mass is 10.1. The van der Waals surface area contributed by atoms with Crippen LogP contribution in [0.25, 0.3) is 10.9 Å². The highest BCUT2D eigenvalue weighted by atomic mass is 35.5. The van der Waals surface area contributed by atoms with Crippen LogP contribution in [0.15, 0.2) is 23.0 Å². The smallest absolute Gasteiger partial charge is 0.405 e. The molecule has 10 heteroatoms. The maximum Gasteiger partial charge on any atom is 0.405 e. The molecular weight excluding hydrogens is 406 g/mol. The molecule has 28 heavy (non-hydrogen) atoms. The molecule has 1 fully saturated rings. The summed E-state index contributed by atoms with van der Waals surface area (Å²) in [4.78, 5) is 29.0. The lowest BCUT2D eigenvalue weighted by Crippen LogP contribution is -2.35. The molecule has 1 heterocycles. The number of carboxylic acid groups (broad SMARTS) is 1. The number of hydrogen-bond acceptors (Lipinski definition) is 5. The van der Waals surface area contributed by atoms with Crippen molar-refractivity contribution in [2.24, 2.45) is 5.92 Å². The van der Waals surface area contributed by atoms with Gasteiger partial charge in [0.25, 0.3) is 5.56 Å². The first-order valence-electron chi connectivity index (χ1n) is 9.03. The molecule has 0 saturated heterocycles. The molecule has 3 rings (SSSR count). The number of hydrogen-bond donors (Lipinski definition) is 2. The fraction of sp³-hybridized carbons (Fsp3) is 0.500. The predicted molar refractivity (Wildman–Crippen MR) is 107 cm³/mol. The van der Waals surface area contributed by atoms with Gasteiger partial charge >= 0.3 is 6.09 Å². The van der Waals surface area contributed by atoms with Gasteiger partial charge in [-0.3, -0.25) is 9.36 Å². The van der Waals surface area contributed by atoms with Gasteiger partial charge in [-0.1, -0.05) is 17.7 Å². The number of nitrogens with zero attached hydrogens (tertiary/aromatic N) is 2.